The number of aromatic nitrogens is 3. The summed E-state index contributed by atoms with van der Waals surface area (Å²) in [7, 11) is 1.54. The highest BCUT2D eigenvalue weighted by Crippen LogP contribution is 2.39. The maximum absolute atomic E-state index is 13.2. The van der Waals surface area contributed by atoms with Gasteiger partial charge < -0.3 is 4.74 Å². The minimum absolute atomic E-state index is 0.0612. The van der Waals surface area contributed by atoms with Crippen molar-refractivity contribution in [3.63, 3.8) is 0 Å². The molecule has 0 radical (unpaired) electrons. The van der Waals surface area contributed by atoms with Gasteiger partial charge in [0.2, 0.25) is 17.8 Å². The Bertz CT molecular complexity index is 717. The normalized spacial score (nSPS) is 19.5. The van der Waals surface area contributed by atoms with Gasteiger partial charge >= 0.3 is 0 Å². The topological polar surface area (TPSA) is 79.9 Å². The molecule has 1 atom stereocenters. The molecule has 0 spiro atoms. The first kappa shape index (κ1) is 15.4. The van der Waals surface area contributed by atoms with Gasteiger partial charge in [-0.3, -0.25) is 15.2 Å². The number of carbonyl (C=O) groups is 1. The van der Waals surface area contributed by atoms with E-state index in [1.54, 1.807) is 12.1 Å². The van der Waals surface area contributed by atoms with Crippen molar-refractivity contribution in [1.82, 2.24) is 15.2 Å². The number of methoxy groups -OCH3 is 1. The van der Waals surface area contributed by atoms with E-state index in [4.69, 9.17) is 4.74 Å². The lowest BCUT2D eigenvalue weighted by atomic mass is 10.1. The predicted molar refractivity (Wildman–Crippen MR) is 79.3 cm³/mol. The van der Waals surface area contributed by atoms with E-state index < -0.39 is 24.2 Å². The molecule has 0 bridgehead atoms. The van der Waals surface area contributed by atoms with Crippen LogP contribution in [-0.4, -0.2) is 34.1 Å². The number of hydrogen-bond acceptors (Lipinski definition) is 4. The Kier molecular flexibility index (Phi) is 3.97. The molecule has 1 aromatic carbocycles. The van der Waals surface area contributed by atoms with Gasteiger partial charge in [0.25, 0.3) is 0 Å². The lowest BCUT2D eigenvalue weighted by Crippen LogP contribution is -2.23. The fourth-order valence-electron chi connectivity index (χ4n) is 2.66. The van der Waals surface area contributed by atoms with Crippen molar-refractivity contribution >= 4 is 11.9 Å². The van der Waals surface area contributed by atoms with Crippen molar-refractivity contribution in [2.24, 2.45) is 5.92 Å². The number of ether oxygens (including phenoxy) is 1. The lowest BCUT2D eigenvalue weighted by Gasteiger charge is -2.09. The fourth-order valence-corrected chi connectivity index (χ4v) is 2.66. The monoisotopic (exact) mass is 322 g/mol. The van der Waals surface area contributed by atoms with Gasteiger partial charge in [-0.1, -0.05) is 12.1 Å². The number of rotatable bonds is 4. The summed E-state index contributed by atoms with van der Waals surface area (Å²) in [5, 5.41) is 9.09. The maximum atomic E-state index is 13.2. The molecular weight excluding hydrogens is 306 g/mol. The number of alkyl halides is 2. The Morgan fingerprint density at radius 3 is 2.91 bits per heavy atom. The quantitative estimate of drug-likeness (QED) is 0.907. The van der Waals surface area contributed by atoms with Gasteiger partial charge in [0.15, 0.2) is 5.82 Å². The summed E-state index contributed by atoms with van der Waals surface area (Å²) < 4.78 is 31.6. The highest BCUT2D eigenvalue weighted by Gasteiger charge is 2.42. The molecule has 1 saturated carbocycles. The second kappa shape index (κ2) is 5.94. The number of H-pyrrole nitrogens is 1. The smallest absolute Gasteiger partial charge is 0.249 e. The Balaban J connectivity index is 1.71. The predicted octanol–water partition coefficient (Wildman–Crippen LogP) is 2.85. The standard InChI is InChI=1S/C15H16F2N4O2/c1-23-11-5-3-2-4-10(11)12-18-14(21-20-12)19-13(22)9-6-7-15(16,17)8-9/h2-5,9H,6-8H2,1H3,(H2,18,19,20,21,22). The number of benzene rings is 1. The molecule has 0 saturated heterocycles. The molecule has 0 aliphatic heterocycles. The Morgan fingerprint density at radius 1 is 1.43 bits per heavy atom. The highest BCUT2D eigenvalue weighted by molar-refractivity contribution is 5.91. The summed E-state index contributed by atoms with van der Waals surface area (Å²) in [6.45, 7) is 0. The number of aromatic amines is 1. The van der Waals surface area contributed by atoms with Crippen molar-refractivity contribution in [3.8, 4) is 17.1 Å². The van der Waals surface area contributed by atoms with Crippen LogP contribution in [0.15, 0.2) is 24.3 Å². The van der Waals surface area contributed by atoms with Crippen molar-refractivity contribution < 1.29 is 18.3 Å². The molecule has 1 unspecified atom stereocenters. The van der Waals surface area contributed by atoms with Gasteiger partial charge in [-0.05, 0) is 18.6 Å². The Morgan fingerprint density at radius 2 is 2.22 bits per heavy atom. The van der Waals surface area contributed by atoms with E-state index in [-0.39, 0.29) is 18.8 Å². The van der Waals surface area contributed by atoms with Gasteiger partial charge in [0.1, 0.15) is 5.75 Å². The van der Waals surface area contributed by atoms with E-state index in [1.165, 1.54) is 7.11 Å². The molecule has 6 nitrogen and oxygen atoms in total. The first-order chi connectivity index (χ1) is 11.0. The number of halogens is 2. The van der Waals surface area contributed by atoms with Crippen LogP contribution in [0.25, 0.3) is 11.4 Å². The first-order valence-electron chi connectivity index (χ1n) is 7.23. The molecule has 2 aromatic rings. The number of hydrogen-bond donors (Lipinski definition) is 2. The zero-order valence-electron chi connectivity index (χ0n) is 12.5. The highest BCUT2D eigenvalue weighted by atomic mass is 19.3. The zero-order valence-corrected chi connectivity index (χ0v) is 12.5. The van der Waals surface area contributed by atoms with Crippen molar-refractivity contribution in [2.75, 3.05) is 12.4 Å². The molecule has 8 heteroatoms. The molecule has 3 rings (SSSR count). The number of carbonyl (C=O) groups excluding carboxylic acids is 1. The molecule has 122 valence electrons. The van der Waals surface area contributed by atoms with Gasteiger partial charge in [0.05, 0.1) is 12.7 Å². The molecule has 1 aliphatic rings. The average molecular weight is 322 g/mol. The summed E-state index contributed by atoms with van der Waals surface area (Å²) in [5.41, 5.74) is 0.690. The van der Waals surface area contributed by atoms with E-state index in [2.05, 4.69) is 20.5 Å². The number of nitrogens with one attached hydrogen (secondary N) is 2. The number of anilines is 1. The largest absolute Gasteiger partial charge is 0.496 e. The third kappa shape index (κ3) is 3.30. The molecule has 1 aromatic heterocycles. The molecule has 1 aliphatic carbocycles. The molecule has 23 heavy (non-hydrogen) atoms. The van der Waals surface area contributed by atoms with Crippen LogP contribution in [0.5, 0.6) is 5.75 Å². The van der Waals surface area contributed by atoms with Gasteiger partial charge in [0, 0.05) is 18.8 Å². The average Bonchev–Trinajstić information content (AvgIpc) is 3.13. The number of nitrogens with zero attached hydrogens (tertiary/aromatic N) is 2. The summed E-state index contributed by atoms with van der Waals surface area (Å²) in [6, 6.07) is 7.21. The minimum atomic E-state index is -2.76. The van der Waals surface area contributed by atoms with Crippen LogP contribution >= 0.6 is 0 Å². The van der Waals surface area contributed by atoms with Crippen LogP contribution in [0, 0.1) is 5.92 Å². The van der Waals surface area contributed by atoms with Crippen LogP contribution in [0.2, 0.25) is 0 Å². The molecule has 2 N–H and O–H groups in total. The van der Waals surface area contributed by atoms with Gasteiger partial charge in [-0.25, -0.2) is 8.78 Å². The van der Waals surface area contributed by atoms with Crippen LogP contribution < -0.4 is 10.1 Å². The SMILES string of the molecule is COc1ccccc1-c1nc(NC(=O)C2CCC(F)(F)C2)n[nH]1. The Hall–Kier alpha value is -2.51. The van der Waals surface area contributed by atoms with Crippen molar-refractivity contribution in [3.05, 3.63) is 24.3 Å². The van der Waals surface area contributed by atoms with Crippen molar-refractivity contribution in [1.29, 1.82) is 0 Å². The Labute approximate surface area is 131 Å². The lowest BCUT2D eigenvalue weighted by molar-refractivity contribution is -0.120. The van der Waals surface area contributed by atoms with Crippen LogP contribution in [0.1, 0.15) is 19.3 Å². The summed E-state index contributed by atoms with van der Waals surface area (Å²) in [4.78, 5) is 16.2. The number of amides is 1. The first-order valence-corrected chi connectivity index (χ1v) is 7.23. The molecule has 1 heterocycles. The van der Waals surface area contributed by atoms with Crippen LogP contribution in [0.4, 0.5) is 14.7 Å². The van der Waals surface area contributed by atoms with E-state index in [0.717, 1.165) is 0 Å². The maximum Gasteiger partial charge on any atom is 0.249 e. The van der Waals surface area contributed by atoms with E-state index in [9.17, 15) is 13.6 Å². The van der Waals surface area contributed by atoms with Crippen LogP contribution in [0.3, 0.4) is 0 Å². The van der Waals surface area contributed by atoms with E-state index in [0.29, 0.717) is 17.1 Å². The zero-order chi connectivity index (χ0) is 16.4. The summed E-state index contributed by atoms with van der Waals surface area (Å²) >= 11 is 0. The summed E-state index contributed by atoms with van der Waals surface area (Å²) in [6.07, 6.45) is -0.517. The van der Waals surface area contributed by atoms with Crippen LogP contribution in [-0.2, 0) is 4.79 Å². The second-order valence-electron chi connectivity index (χ2n) is 5.49. The second-order valence-corrected chi connectivity index (χ2v) is 5.49. The van der Waals surface area contributed by atoms with E-state index in [1.807, 2.05) is 12.1 Å². The van der Waals surface area contributed by atoms with Gasteiger partial charge in [-0.2, -0.15) is 4.98 Å². The third-order valence-corrected chi connectivity index (χ3v) is 3.86. The van der Waals surface area contributed by atoms with Crippen molar-refractivity contribution in [2.45, 2.75) is 25.2 Å². The number of para-hydroxylation sites is 1. The van der Waals surface area contributed by atoms with E-state index >= 15 is 0 Å². The fraction of sp³-hybridized carbons (Fsp3) is 0.400. The molecule has 1 amide bonds. The third-order valence-electron chi connectivity index (χ3n) is 3.86. The minimum Gasteiger partial charge on any atom is -0.496 e. The van der Waals surface area contributed by atoms with Gasteiger partial charge in [-0.15, -0.1) is 5.10 Å². The molecule has 1 fully saturated rings. The molecular formula is C15H16F2N4O2. The summed E-state index contributed by atoms with van der Waals surface area (Å²) in [5.74, 6) is -2.85.